The molecule has 0 aliphatic heterocycles. The molecule has 7 heteroatoms. The van der Waals surface area contributed by atoms with Gasteiger partial charge in [-0.25, -0.2) is 8.42 Å². The number of para-hydroxylation sites is 1. The second-order valence-corrected chi connectivity index (χ2v) is 8.06. The number of nitrogens with one attached hydrogen (secondary N) is 1. The Bertz CT molecular complexity index is 881. The van der Waals surface area contributed by atoms with Gasteiger partial charge in [-0.2, -0.15) is 0 Å². The van der Waals surface area contributed by atoms with E-state index in [1.54, 1.807) is 24.3 Å². The number of anilines is 1. The van der Waals surface area contributed by atoms with Crippen LogP contribution in [0.1, 0.15) is 29.3 Å². The molecule has 0 aromatic heterocycles. The van der Waals surface area contributed by atoms with Crippen molar-refractivity contribution in [2.45, 2.75) is 25.2 Å². The van der Waals surface area contributed by atoms with E-state index in [2.05, 4.69) is 5.32 Å². The quantitative estimate of drug-likeness (QED) is 0.668. The van der Waals surface area contributed by atoms with Crippen LogP contribution in [-0.4, -0.2) is 41.1 Å². The molecule has 0 aliphatic carbocycles. The molecule has 0 unspecified atom stereocenters. The number of ether oxygens (including phenoxy) is 1. The van der Waals surface area contributed by atoms with E-state index in [9.17, 15) is 13.2 Å². The summed E-state index contributed by atoms with van der Waals surface area (Å²) in [6.07, 6.45) is 0.702. The number of benzene rings is 2. The Morgan fingerprint density at radius 2 is 1.89 bits per heavy atom. The number of aryl methyl sites for hydroxylation is 1. The molecular weight excluding hydrogens is 364 g/mol. The first-order valence-electron chi connectivity index (χ1n) is 8.88. The molecule has 0 atom stereocenters. The van der Waals surface area contributed by atoms with Crippen LogP contribution in [0.5, 0.6) is 0 Å². The molecule has 0 aliphatic rings. The zero-order chi connectivity index (χ0) is 19.9. The van der Waals surface area contributed by atoms with E-state index in [4.69, 9.17) is 4.74 Å². The fourth-order valence-electron chi connectivity index (χ4n) is 2.62. The normalized spacial score (nSPS) is 11.2. The summed E-state index contributed by atoms with van der Waals surface area (Å²) in [5.41, 5.74) is 1.76. The van der Waals surface area contributed by atoms with Crippen LogP contribution in [0.3, 0.4) is 0 Å². The van der Waals surface area contributed by atoms with Gasteiger partial charge in [0.25, 0.3) is 15.9 Å². The Morgan fingerprint density at radius 3 is 2.59 bits per heavy atom. The van der Waals surface area contributed by atoms with Crippen LogP contribution in [0.2, 0.25) is 0 Å². The minimum absolute atomic E-state index is 0.0789. The monoisotopic (exact) mass is 390 g/mol. The van der Waals surface area contributed by atoms with Gasteiger partial charge in [-0.1, -0.05) is 24.3 Å². The molecule has 0 radical (unpaired) electrons. The summed E-state index contributed by atoms with van der Waals surface area (Å²) in [7, 11) is -2.26. The van der Waals surface area contributed by atoms with Gasteiger partial charge in [0.1, 0.15) is 0 Å². The lowest BCUT2D eigenvalue weighted by Gasteiger charge is -2.21. The summed E-state index contributed by atoms with van der Waals surface area (Å²) < 4.78 is 32.4. The van der Waals surface area contributed by atoms with E-state index in [1.165, 1.54) is 23.5 Å². The van der Waals surface area contributed by atoms with Crippen LogP contribution in [-0.2, 0) is 14.8 Å². The maximum atomic E-state index is 13.0. The Balaban J connectivity index is 2.16. The molecule has 2 rings (SSSR count). The van der Waals surface area contributed by atoms with Crippen molar-refractivity contribution in [1.82, 2.24) is 5.32 Å². The maximum absolute atomic E-state index is 13.0. The molecule has 27 heavy (non-hydrogen) atoms. The van der Waals surface area contributed by atoms with E-state index < -0.39 is 10.0 Å². The predicted octanol–water partition coefficient (Wildman–Crippen LogP) is 2.98. The minimum atomic E-state index is -3.77. The smallest absolute Gasteiger partial charge is 0.264 e. The summed E-state index contributed by atoms with van der Waals surface area (Å²) >= 11 is 0. The molecule has 146 valence electrons. The number of hydrogen-bond acceptors (Lipinski definition) is 4. The summed E-state index contributed by atoms with van der Waals surface area (Å²) in [6.45, 7) is 5.46. The molecule has 1 amide bonds. The van der Waals surface area contributed by atoms with Gasteiger partial charge in [0, 0.05) is 32.4 Å². The third-order valence-corrected chi connectivity index (χ3v) is 5.93. The Morgan fingerprint density at radius 1 is 1.15 bits per heavy atom. The van der Waals surface area contributed by atoms with Gasteiger partial charge in [0.15, 0.2) is 0 Å². The second-order valence-electron chi connectivity index (χ2n) is 6.09. The highest BCUT2D eigenvalue weighted by Crippen LogP contribution is 2.25. The van der Waals surface area contributed by atoms with Gasteiger partial charge in [0.05, 0.1) is 10.6 Å². The molecule has 0 heterocycles. The van der Waals surface area contributed by atoms with Crippen LogP contribution >= 0.6 is 0 Å². The molecular formula is C20H26N2O4S. The lowest BCUT2D eigenvalue weighted by Crippen LogP contribution is -2.28. The summed E-state index contributed by atoms with van der Waals surface area (Å²) in [4.78, 5) is 12.4. The largest absolute Gasteiger partial charge is 0.382 e. The molecule has 6 nitrogen and oxygen atoms in total. The lowest BCUT2D eigenvalue weighted by atomic mass is 10.2. The van der Waals surface area contributed by atoms with E-state index >= 15 is 0 Å². The average molecular weight is 391 g/mol. The predicted molar refractivity (Wildman–Crippen MR) is 107 cm³/mol. The molecule has 0 saturated carbocycles. The van der Waals surface area contributed by atoms with Crippen LogP contribution in [0.15, 0.2) is 53.4 Å². The number of sulfonamides is 1. The summed E-state index contributed by atoms with van der Waals surface area (Å²) in [6, 6.07) is 13.3. The molecule has 2 aromatic rings. The van der Waals surface area contributed by atoms with Crippen molar-refractivity contribution in [3.05, 3.63) is 59.7 Å². The van der Waals surface area contributed by atoms with Crippen LogP contribution in [0.4, 0.5) is 5.69 Å². The van der Waals surface area contributed by atoms with Gasteiger partial charge in [-0.3, -0.25) is 9.10 Å². The topological polar surface area (TPSA) is 75.7 Å². The molecule has 0 fully saturated rings. The van der Waals surface area contributed by atoms with E-state index in [0.29, 0.717) is 37.4 Å². The highest BCUT2D eigenvalue weighted by molar-refractivity contribution is 7.92. The molecule has 0 bridgehead atoms. The molecule has 2 aromatic carbocycles. The lowest BCUT2D eigenvalue weighted by molar-refractivity contribution is 0.0944. The highest BCUT2D eigenvalue weighted by Gasteiger charge is 2.23. The first kappa shape index (κ1) is 20.9. The fraction of sp³-hybridized carbons (Fsp3) is 0.350. The fourth-order valence-corrected chi connectivity index (χ4v) is 3.93. The first-order chi connectivity index (χ1) is 12.9. The molecule has 0 spiro atoms. The van der Waals surface area contributed by atoms with Crippen molar-refractivity contribution in [2.24, 2.45) is 0 Å². The van der Waals surface area contributed by atoms with Gasteiger partial charge < -0.3 is 10.1 Å². The Kier molecular flexibility index (Phi) is 7.38. The van der Waals surface area contributed by atoms with Crippen molar-refractivity contribution < 1.29 is 17.9 Å². The number of carbonyl (C=O) groups is 1. The third-order valence-electron chi connectivity index (χ3n) is 4.16. The second kappa shape index (κ2) is 9.53. The van der Waals surface area contributed by atoms with Crippen molar-refractivity contribution in [1.29, 1.82) is 0 Å². The zero-order valence-electron chi connectivity index (χ0n) is 15.9. The average Bonchev–Trinajstić information content (AvgIpc) is 2.67. The van der Waals surface area contributed by atoms with E-state index in [-0.39, 0.29) is 10.8 Å². The Labute approximate surface area is 161 Å². The SMILES string of the molecule is CCOCCCNC(=O)c1cccc(S(=O)(=O)N(C)c2ccccc2C)c1. The number of carbonyl (C=O) groups excluding carboxylic acids is 1. The van der Waals surface area contributed by atoms with Gasteiger partial charge >= 0.3 is 0 Å². The maximum Gasteiger partial charge on any atom is 0.264 e. The highest BCUT2D eigenvalue weighted by atomic mass is 32.2. The van der Waals surface area contributed by atoms with Gasteiger partial charge in [0.2, 0.25) is 0 Å². The number of nitrogens with zero attached hydrogens (tertiary/aromatic N) is 1. The summed E-state index contributed by atoms with van der Waals surface area (Å²) in [5, 5.41) is 2.78. The summed E-state index contributed by atoms with van der Waals surface area (Å²) in [5.74, 6) is -0.304. The van der Waals surface area contributed by atoms with Crippen molar-refractivity contribution >= 4 is 21.6 Å². The van der Waals surface area contributed by atoms with Crippen LogP contribution in [0, 0.1) is 6.92 Å². The number of amides is 1. The van der Waals surface area contributed by atoms with Crippen molar-refractivity contribution in [3.63, 3.8) is 0 Å². The van der Waals surface area contributed by atoms with Crippen LogP contribution < -0.4 is 9.62 Å². The van der Waals surface area contributed by atoms with Crippen molar-refractivity contribution in [3.8, 4) is 0 Å². The first-order valence-corrected chi connectivity index (χ1v) is 10.3. The van der Waals surface area contributed by atoms with Gasteiger partial charge in [-0.15, -0.1) is 0 Å². The number of hydrogen-bond donors (Lipinski definition) is 1. The number of rotatable bonds is 9. The minimum Gasteiger partial charge on any atom is -0.382 e. The van der Waals surface area contributed by atoms with Crippen molar-refractivity contribution in [2.75, 3.05) is 31.1 Å². The molecule has 1 N–H and O–H groups in total. The standard InChI is InChI=1S/C20H26N2O4S/c1-4-26-14-8-13-21-20(23)17-10-7-11-18(15-17)27(24,25)22(3)19-12-6-5-9-16(19)2/h5-7,9-12,15H,4,8,13-14H2,1-3H3,(H,21,23). The van der Waals surface area contributed by atoms with Crippen LogP contribution in [0.25, 0.3) is 0 Å². The van der Waals surface area contributed by atoms with Gasteiger partial charge in [-0.05, 0) is 50.1 Å². The van der Waals surface area contributed by atoms with E-state index in [1.807, 2.05) is 26.0 Å². The zero-order valence-corrected chi connectivity index (χ0v) is 16.8. The third kappa shape index (κ3) is 5.30. The molecule has 0 saturated heterocycles. The Hall–Kier alpha value is -2.38. The van der Waals surface area contributed by atoms with E-state index in [0.717, 1.165) is 5.56 Å².